The quantitative estimate of drug-likeness (QED) is 0.430. The molecule has 0 atom stereocenters. The number of thiol groups is 1. The molecule has 78 valence electrons. The first-order valence-electron chi connectivity index (χ1n) is 3.85. The van der Waals surface area contributed by atoms with Crippen LogP contribution >= 0.6 is 12.6 Å². The Morgan fingerprint density at radius 3 is 2.13 bits per heavy atom. The summed E-state index contributed by atoms with van der Waals surface area (Å²) in [4.78, 5) is 0. The van der Waals surface area contributed by atoms with Gasteiger partial charge < -0.3 is 19.7 Å². The first-order chi connectivity index (χ1) is 7.08. The number of rotatable bonds is 1. The molecule has 3 N–H and O–H groups in total. The molecule has 0 saturated carbocycles. The van der Waals surface area contributed by atoms with Crippen molar-refractivity contribution in [3.8, 4) is 28.7 Å². The third-order valence-electron chi connectivity index (χ3n) is 1.73. The molecule has 0 amide bonds. The number of phenols is 3. The fourth-order valence-corrected chi connectivity index (χ4v) is 1.19. The van der Waals surface area contributed by atoms with Gasteiger partial charge in [0.05, 0.1) is 0 Å². The Morgan fingerprint density at radius 1 is 1.07 bits per heavy atom. The molecule has 0 aliphatic carbocycles. The number of aromatic hydroxyl groups is 3. The highest BCUT2D eigenvalue weighted by Crippen LogP contribution is 2.38. The topological polar surface area (TPSA) is 99.6 Å². The number of phenolic OH excluding ortho intramolecular Hbond substituents is 3. The summed E-state index contributed by atoms with van der Waals surface area (Å²) in [7, 11) is 0. The van der Waals surface area contributed by atoms with Crippen LogP contribution in [0.25, 0.3) is 11.5 Å². The van der Waals surface area contributed by atoms with Crippen LogP contribution in [0.1, 0.15) is 0 Å². The van der Waals surface area contributed by atoms with E-state index in [0.29, 0.717) is 0 Å². The third-order valence-corrected chi connectivity index (χ3v) is 1.91. The van der Waals surface area contributed by atoms with Crippen molar-refractivity contribution >= 4 is 12.6 Å². The Bertz CT molecular complexity index is 488. The monoisotopic (exact) mass is 226 g/mol. The van der Waals surface area contributed by atoms with Crippen LogP contribution in [0.15, 0.2) is 21.8 Å². The molecule has 1 heterocycles. The second-order valence-corrected chi connectivity index (χ2v) is 3.14. The maximum atomic E-state index is 9.23. The summed E-state index contributed by atoms with van der Waals surface area (Å²) in [5, 5.41) is 34.7. The van der Waals surface area contributed by atoms with Crippen LogP contribution in [0, 0.1) is 0 Å². The summed E-state index contributed by atoms with van der Waals surface area (Å²) >= 11 is 3.81. The molecule has 1 aromatic carbocycles. The molecule has 0 aliphatic heterocycles. The SMILES string of the molecule is Oc1cc(-c2nnc(S)o2)cc(O)c1O. The van der Waals surface area contributed by atoms with E-state index >= 15 is 0 Å². The molecular weight excluding hydrogens is 220 g/mol. The second-order valence-electron chi connectivity index (χ2n) is 2.75. The van der Waals surface area contributed by atoms with E-state index < -0.39 is 17.2 Å². The highest BCUT2D eigenvalue weighted by molar-refractivity contribution is 7.80. The molecule has 0 spiro atoms. The van der Waals surface area contributed by atoms with E-state index in [9.17, 15) is 10.2 Å². The lowest BCUT2D eigenvalue weighted by Gasteiger charge is -2.02. The van der Waals surface area contributed by atoms with E-state index in [1.807, 2.05) is 0 Å². The standard InChI is InChI=1S/C8H6N2O4S/c11-4-1-3(2-5(12)6(4)13)7-9-10-8(15)14-7/h1-2,11-13H,(H,10,15). The Morgan fingerprint density at radius 2 is 1.67 bits per heavy atom. The molecule has 1 aromatic heterocycles. The normalized spacial score (nSPS) is 10.5. The van der Waals surface area contributed by atoms with Crippen molar-refractivity contribution in [1.82, 2.24) is 10.2 Å². The molecule has 7 heteroatoms. The number of hydrogen-bond donors (Lipinski definition) is 4. The predicted molar refractivity (Wildman–Crippen MR) is 52.0 cm³/mol. The van der Waals surface area contributed by atoms with Crippen LogP contribution in [0.3, 0.4) is 0 Å². The summed E-state index contributed by atoms with van der Waals surface area (Å²) in [6.07, 6.45) is 0. The van der Waals surface area contributed by atoms with E-state index in [1.165, 1.54) is 12.1 Å². The lowest BCUT2D eigenvalue weighted by atomic mass is 10.2. The largest absolute Gasteiger partial charge is 0.504 e. The molecule has 15 heavy (non-hydrogen) atoms. The molecule has 0 saturated heterocycles. The zero-order chi connectivity index (χ0) is 11.0. The van der Waals surface area contributed by atoms with E-state index in [2.05, 4.69) is 22.8 Å². The molecule has 6 nitrogen and oxygen atoms in total. The summed E-state index contributed by atoms with van der Waals surface area (Å²) in [5.41, 5.74) is 0.288. The first-order valence-corrected chi connectivity index (χ1v) is 4.30. The van der Waals surface area contributed by atoms with Gasteiger partial charge in [0.1, 0.15) is 0 Å². The number of aromatic nitrogens is 2. The first kappa shape index (κ1) is 9.66. The molecule has 2 aromatic rings. The smallest absolute Gasteiger partial charge is 0.273 e. The zero-order valence-corrected chi connectivity index (χ0v) is 8.14. The summed E-state index contributed by atoms with van der Waals surface area (Å²) in [6.45, 7) is 0. The van der Waals surface area contributed by atoms with Gasteiger partial charge >= 0.3 is 0 Å². The fourth-order valence-electron chi connectivity index (χ4n) is 1.06. The van der Waals surface area contributed by atoms with Gasteiger partial charge in [0.2, 0.25) is 5.89 Å². The van der Waals surface area contributed by atoms with E-state index in [1.54, 1.807) is 0 Å². The van der Waals surface area contributed by atoms with Crippen molar-refractivity contribution < 1.29 is 19.7 Å². The molecular formula is C8H6N2O4S. The highest BCUT2D eigenvalue weighted by Gasteiger charge is 2.13. The van der Waals surface area contributed by atoms with Gasteiger partial charge in [-0.3, -0.25) is 0 Å². The number of nitrogens with zero attached hydrogens (tertiary/aromatic N) is 2. The van der Waals surface area contributed by atoms with Gasteiger partial charge in [-0.2, -0.15) is 0 Å². The molecule has 0 fully saturated rings. The van der Waals surface area contributed by atoms with Gasteiger partial charge in [0, 0.05) is 5.56 Å². The molecule has 2 rings (SSSR count). The summed E-state index contributed by atoms with van der Waals surface area (Å²) < 4.78 is 4.96. The van der Waals surface area contributed by atoms with Gasteiger partial charge in [-0.15, -0.1) is 10.2 Å². The molecule has 0 bridgehead atoms. The minimum atomic E-state index is -0.593. The van der Waals surface area contributed by atoms with Gasteiger partial charge in [0.15, 0.2) is 17.2 Å². The Labute approximate surface area is 89.2 Å². The van der Waals surface area contributed by atoms with E-state index in [-0.39, 0.29) is 16.7 Å². The van der Waals surface area contributed by atoms with Crippen LogP contribution < -0.4 is 0 Å². The van der Waals surface area contributed by atoms with Crippen molar-refractivity contribution in [1.29, 1.82) is 0 Å². The van der Waals surface area contributed by atoms with Crippen LogP contribution in [0.4, 0.5) is 0 Å². The number of hydrogen-bond acceptors (Lipinski definition) is 7. The maximum absolute atomic E-state index is 9.23. The lowest BCUT2D eigenvalue weighted by Crippen LogP contribution is -1.79. The zero-order valence-electron chi connectivity index (χ0n) is 7.25. The third kappa shape index (κ3) is 1.68. The average molecular weight is 226 g/mol. The van der Waals surface area contributed by atoms with Crippen LogP contribution in [0.5, 0.6) is 17.2 Å². The predicted octanol–water partition coefficient (Wildman–Crippen LogP) is 1.14. The number of benzene rings is 1. The molecule has 0 radical (unpaired) electrons. The average Bonchev–Trinajstić information content (AvgIpc) is 2.60. The second kappa shape index (κ2) is 3.35. The van der Waals surface area contributed by atoms with Crippen molar-refractivity contribution in [2.75, 3.05) is 0 Å². The minimum Gasteiger partial charge on any atom is -0.504 e. The molecule has 0 unspecified atom stereocenters. The fraction of sp³-hybridized carbons (Fsp3) is 0. The Balaban J connectivity index is 2.55. The maximum Gasteiger partial charge on any atom is 0.273 e. The van der Waals surface area contributed by atoms with E-state index in [4.69, 9.17) is 9.52 Å². The van der Waals surface area contributed by atoms with Gasteiger partial charge in [-0.25, -0.2) is 0 Å². The summed E-state index contributed by atoms with van der Waals surface area (Å²) in [6, 6.07) is 2.38. The van der Waals surface area contributed by atoms with E-state index in [0.717, 1.165) is 0 Å². The van der Waals surface area contributed by atoms with Gasteiger partial charge in [-0.05, 0) is 12.1 Å². The van der Waals surface area contributed by atoms with Gasteiger partial charge in [-0.1, -0.05) is 12.6 Å². The minimum absolute atomic E-state index is 0.0667. The van der Waals surface area contributed by atoms with Crippen LogP contribution in [-0.2, 0) is 0 Å². The molecule has 0 aliphatic rings. The van der Waals surface area contributed by atoms with Crippen molar-refractivity contribution in [2.24, 2.45) is 0 Å². The van der Waals surface area contributed by atoms with Crippen LogP contribution in [-0.4, -0.2) is 25.5 Å². The van der Waals surface area contributed by atoms with Gasteiger partial charge in [0.25, 0.3) is 5.22 Å². The van der Waals surface area contributed by atoms with Crippen molar-refractivity contribution in [3.63, 3.8) is 0 Å². The van der Waals surface area contributed by atoms with Crippen molar-refractivity contribution in [2.45, 2.75) is 5.22 Å². The Kier molecular flexibility index (Phi) is 2.16. The lowest BCUT2D eigenvalue weighted by molar-refractivity contribution is 0.367. The summed E-state index contributed by atoms with van der Waals surface area (Å²) in [5.74, 6) is -1.44. The van der Waals surface area contributed by atoms with Crippen LogP contribution in [0.2, 0.25) is 0 Å². The Hall–Kier alpha value is -1.89. The highest BCUT2D eigenvalue weighted by atomic mass is 32.1. The van der Waals surface area contributed by atoms with Crippen molar-refractivity contribution in [3.05, 3.63) is 12.1 Å².